The molecule has 2 aliphatic rings. The van der Waals surface area contributed by atoms with E-state index in [0.29, 0.717) is 24.9 Å². The van der Waals surface area contributed by atoms with E-state index in [0.717, 1.165) is 32.5 Å². The molecule has 1 N–H and O–H groups in total. The van der Waals surface area contributed by atoms with Crippen LogP contribution < -0.4 is 0 Å². The van der Waals surface area contributed by atoms with Gasteiger partial charge in [-0.15, -0.1) is 0 Å². The standard InChI is InChI=1S/C12H21NO3/c1-2-16-12(15)5-6-13-7-9-3-4-11(14)10(9)8-13/h9-11,14H,2-8H2,1H3. The van der Waals surface area contributed by atoms with Gasteiger partial charge >= 0.3 is 5.97 Å². The molecule has 2 rings (SSSR count). The zero-order chi connectivity index (χ0) is 11.5. The summed E-state index contributed by atoms with van der Waals surface area (Å²) < 4.78 is 4.90. The Morgan fingerprint density at radius 1 is 1.44 bits per heavy atom. The van der Waals surface area contributed by atoms with Crippen LogP contribution in [0.15, 0.2) is 0 Å². The number of hydrogen-bond acceptors (Lipinski definition) is 4. The predicted molar refractivity (Wildman–Crippen MR) is 59.9 cm³/mol. The number of esters is 1. The summed E-state index contributed by atoms with van der Waals surface area (Å²) in [5.41, 5.74) is 0. The SMILES string of the molecule is CCOC(=O)CCN1CC2CCC(O)C2C1. The summed E-state index contributed by atoms with van der Waals surface area (Å²) in [5, 5.41) is 9.76. The second-order valence-corrected chi connectivity index (χ2v) is 4.88. The second-order valence-electron chi connectivity index (χ2n) is 4.88. The Bertz CT molecular complexity index is 257. The van der Waals surface area contributed by atoms with Gasteiger partial charge in [-0.2, -0.15) is 0 Å². The molecule has 3 unspecified atom stereocenters. The van der Waals surface area contributed by atoms with E-state index < -0.39 is 0 Å². The Morgan fingerprint density at radius 3 is 2.94 bits per heavy atom. The lowest BCUT2D eigenvalue weighted by Gasteiger charge is -2.17. The number of aliphatic hydroxyl groups is 1. The average molecular weight is 227 g/mol. The van der Waals surface area contributed by atoms with E-state index in [1.165, 1.54) is 0 Å². The van der Waals surface area contributed by atoms with Gasteiger partial charge in [0.1, 0.15) is 0 Å². The van der Waals surface area contributed by atoms with Gasteiger partial charge < -0.3 is 14.7 Å². The van der Waals surface area contributed by atoms with E-state index in [1.54, 1.807) is 0 Å². The number of likely N-dealkylation sites (tertiary alicyclic amines) is 1. The molecule has 1 saturated heterocycles. The van der Waals surface area contributed by atoms with Crippen molar-refractivity contribution in [2.45, 2.75) is 32.3 Å². The molecule has 1 saturated carbocycles. The van der Waals surface area contributed by atoms with Crippen molar-refractivity contribution in [2.75, 3.05) is 26.2 Å². The summed E-state index contributed by atoms with van der Waals surface area (Å²) in [7, 11) is 0. The van der Waals surface area contributed by atoms with Crippen molar-refractivity contribution in [3.8, 4) is 0 Å². The maximum Gasteiger partial charge on any atom is 0.307 e. The van der Waals surface area contributed by atoms with Gasteiger partial charge in [-0.05, 0) is 25.7 Å². The van der Waals surface area contributed by atoms with Crippen molar-refractivity contribution in [1.82, 2.24) is 4.90 Å². The van der Waals surface area contributed by atoms with Crippen molar-refractivity contribution in [3.63, 3.8) is 0 Å². The molecule has 0 aromatic carbocycles. The third kappa shape index (κ3) is 2.55. The van der Waals surface area contributed by atoms with Crippen molar-refractivity contribution < 1.29 is 14.6 Å². The Hall–Kier alpha value is -0.610. The zero-order valence-corrected chi connectivity index (χ0v) is 9.89. The minimum Gasteiger partial charge on any atom is -0.466 e. The quantitative estimate of drug-likeness (QED) is 0.716. The number of rotatable bonds is 4. The molecule has 1 heterocycles. The normalized spacial score (nSPS) is 34.0. The van der Waals surface area contributed by atoms with Crippen LogP contribution in [0.4, 0.5) is 0 Å². The summed E-state index contributed by atoms with van der Waals surface area (Å²) >= 11 is 0. The predicted octanol–water partition coefficient (Wildman–Crippen LogP) is 0.642. The fourth-order valence-electron chi connectivity index (χ4n) is 2.99. The number of carbonyl (C=O) groups excluding carboxylic acids is 1. The van der Waals surface area contributed by atoms with Crippen molar-refractivity contribution >= 4 is 5.97 Å². The number of ether oxygens (including phenoxy) is 1. The summed E-state index contributed by atoms with van der Waals surface area (Å²) in [6, 6.07) is 0. The van der Waals surface area contributed by atoms with Crippen molar-refractivity contribution in [2.24, 2.45) is 11.8 Å². The summed E-state index contributed by atoms with van der Waals surface area (Å²) in [4.78, 5) is 13.5. The molecular weight excluding hydrogens is 206 g/mol. The molecule has 92 valence electrons. The molecule has 16 heavy (non-hydrogen) atoms. The lowest BCUT2D eigenvalue weighted by molar-refractivity contribution is -0.143. The first kappa shape index (κ1) is 11.9. The van der Waals surface area contributed by atoms with E-state index in [-0.39, 0.29) is 12.1 Å². The minimum absolute atomic E-state index is 0.111. The molecule has 1 aliphatic heterocycles. The minimum atomic E-state index is -0.113. The van der Waals surface area contributed by atoms with Crippen LogP contribution in [0.3, 0.4) is 0 Å². The molecule has 0 spiro atoms. The average Bonchev–Trinajstić information content (AvgIpc) is 2.79. The number of fused-ring (bicyclic) bond motifs is 1. The Morgan fingerprint density at radius 2 is 2.25 bits per heavy atom. The number of nitrogens with zero attached hydrogens (tertiary/aromatic N) is 1. The van der Waals surface area contributed by atoms with E-state index in [1.807, 2.05) is 6.92 Å². The van der Waals surface area contributed by atoms with Crippen molar-refractivity contribution in [1.29, 1.82) is 0 Å². The van der Waals surface area contributed by atoms with Crippen LogP contribution in [0.25, 0.3) is 0 Å². The monoisotopic (exact) mass is 227 g/mol. The second kappa shape index (κ2) is 5.15. The lowest BCUT2D eigenvalue weighted by Crippen LogP contribution is -2.27. The van der Waals surface area contributed by atoms with E-state index >= 15 is 0 Å². The topological polar surface area (TPSA) is 49.8 Å². The van der Waals surface area contributed by atoms with Gasteiger partial charge in [-0.3, -0.25) is 4.79 Å². The molecule has 0 aromatic rings. The number of hydrogen-bond donors (Lipinski definition) is 1. The van der Waals surface area contributed by atoms with Crippen LogP contribution in [-0.4, -0.2) is 48.3 Å². The van der Waals surface area contributed by atoms with Crippen LogP contribution in [0.1, 0.15) is 26.2 Å². The van der Waals surface area contributed by atoms with E-state index in [4.69, 9.17) is 4.74 Å². The summed E-state index contributed by atoms with van der Waals surface area (Å²) in [5.74, 6) is 0.986. The highest BCUT2D eigenvalue weighted by Gasteiger charge is 2.41. The highest BCUT2D eigenvalue weighted by Crippen LogP contribution is 2.37. The fourth-order valence-corrected chi connectivity index (χ4v) is 2.99. The maximum absolute atomic E-state index is 11.2. The van der Waals surface area contributed by atoms with Gasteiger partial charge in [0.25, 0.3) is 0 Å². The molecule has 0 aromatic heterocycles. The first-order valence-electron chi connectivity index (χ1n) is 6.26. The molecule has 4 nitrogen and oxygen atoms in total. The van der Waals surface area contributed by atoms with Gasteiger partial charge in [0.15, 0.2) is 0 Å². The largest absolute Gasteiger partial charge is 0.466 e. The van der Waals surface area contributed by atoms with Gasteiger partial charge in [0.2, 0.25) is 0 Å². The van der Waals surface area contributed by atoms with Crippen LogP contribution in [0.5, 0.6) is 0 Å². The Labute approximate surface area is 96.6 Å². The van der Waals surface area contributed by atoms with Crippen LogP contribution >= 0.6 is 0 Å². The van der Waals surface area contributed by atoms with E-state index in [2.05, 4.69) is 4.90 Å². The molecule has 4 heteroatoms. The van der Waals surface area contributed by atoms with Crippen molar-refractivity contribution in [3.05, 3.63) is 0 Å². The number of carbonyl (C=O) groups is 1. The highest BCUT2D eigenvalue weighted by atomic mass is 16.5. The first-order valence-corrected chi connectivity index (χ1v) is 6.26. The first-order chi connectivity index (χ1) is 7.70. The van der Waals surface area contributed by atoms with E-state index in [9.17, 15) is 9.90 Å². The molecule has 2 fully saturated rings. The van der Waals surface area contributed by atoms with Gasteiger partial charge in [-0.1, -0.05) is 0 Å². The van der Waals surface area contributed by atoms with Gasteiger partial charge in [0.05, 0.1) is 19.1 Å². The van der Waals surface area contributed by atoms with Crippen LogP contribution in [0, 0.1) is 11.8 Å². The third-order valence-electron chi connectivity index (χ3n) is 3.83. The lowest BCUT2D eigenvalue weighted by atomic mass is 10.00. The summed E-state index contributed by atoms with van der Waals surface area (Å²) in [6.45, 7) is 5.06. The molecule has 3 atom stereocenters. The van der Waals surface area contributed by atoms with Gasteiger partial charge in [0, 0.05) is 25.6 Å². The van der Waals surface area contributed by atoms with Gasteiger partial charge in [-0.25, -0.2) is 0 Å². The zero-order valence-electron chi connectivity index (χ0n) is 9.89. The maximum atomic E-state index is 11.2. The number of aliphatic hydroxyl groups excluding tert-OH is 1. The molecule has 0 bridgehead atoms. The van der Waals surface area contributed by atoms with Crippen LogP contribution in [-0.2, 0) is 9.53 Å². The van der Waals surface area contributed by atoms with Crippen LogP contribution in [0.2, 0.25) is 0 Å². The summed E-state index contributed by atoms with van der Waals surface area (Å²) in [6.07, 6.45) is 2.46. The molecule has 0 amide bonds. The highest BCUT2D eigenvalue weighted by molar-refractivity contribution is 5.69. The smallest absolute Gasteiger partial charge is 0.307 e. The third-order valence-corrected chi connectivity index (χ3v) is 3.83. The fraction of sp³-hybridized carbons (Fsp3) is 0.917. The Balaban J connectivity index is 1.71. The molecule has 1 aliphatic carbocycles. The molecule has 0 radical (unpaired) electrons. The Kier molecular flexibility index (Phi) is 3.82. The molecular formula is C12H21NO3.